The van der Waals surface area contributed by atoms with E-state index in [4.69, 9.17) is 14.2 Å². The fourth-order valence-electron chi connectivity index (χ4n) is 10.8. The number of aliphatic hydroxyl groups excluding tert-OH is 3. The summed E-state index contributed by atoms with van der Waals surface area (Å²) in [6.45, 7) is 13.1. The number of ether oxygens (including phenoxy) is 3. The molecule has 5 rings (SSSR count). The summed E-state index contributed by atoms with van der Waals surface area (Å²) in [6.07, 6.45) is 13.4. The molecule has 13 atom stereocenters. The highest BCUT2D eigenvalue weighted by Crippen LogP contribution is 2.67. The van der Waals surface area contributed by atoms with E-state index in [1.54, 1.807) is 5.57 Å². The van der Waals surface area contributed by atoms with E-state index in [1.165, 1.54) is 57.8 Å². The van der Waals surface area contributed by atoms with E-state index < -0.39 is 36.0 Å². The molecule has 45 heavy (non-hydrogen) atoms. The first kappa shape index (κ1) is 36.1. The molecule has 3 unspecified atom stereocenters. The monoisotopic (exact) mass is 652 g/mol. The average molecular weight is 653 g/mol. The van der Waals surface area contributed by atoms with E-state index in [0.717, 1.165) is 48.3 Å². The highest BCUT2D eigenvalue weighted by molar-refractivity contribution is 7.80. The van der Waals surface area contributed by atoms with Gasteiger partial charge in [0.2, 0.25) is 0 Å². The van der Waals surface area contributed by atoms with Crippen molar-refractivity contribution in [1.29, 1.82) is 0 Å². The fourth-order valence-corrected chi connectivity index (χ4v) is 11.3. The third kappa shape index (κ3) is 7.11. The summed E-state index contributed by atoms with van der Waals surface area (Å²) in [5.41, 5.74) is -0.343. The first-order valence-corrected chi connectivity index (χ1v) is 18.8. The summed E-state index contributed by atoms with van der Waals surface area (Å²) in [5, 5.41) is 40.8. The van der Waals surface area contributed by atoms with Crippen LogP contribution in [-0.4, -0.2) is 82.3 Å². The largest absolute Gasteiger partial charge is 0.394 e. The lowest BCUT2D eigenvalue weighted by Crippen LogP contribution is -2.65. The summed E-state index contributed by atoms with van der Waals surface area (Å²) in [7, 11) is 0. The van der Waals surface area contributed by atoms with Crippen molar-refractivity contribution in [1.82, 2.24) is 0 Å². The summed E-state index contributed by atoms with van der Waals surface area (Å²) < 4.78 is 17.5. The number of thiol groups is 1. The molecular formula is C37H64O7S. The van der Waals surface area contributed by atoms with Gasteiger partial charge in [0.15, 0.2) is 0 Å². The molecule has 0 spiro atoms. The Balaban J connectivity index is 1.08. The van der Waals surface area contributed by atoms with Gasteiger partial charge in [0.1, 0.15) is 29.3 Å². The van der Waals surface area contributed by atoms with Gasteiger partial charge in [-0.25, -0.2) is 0 Å². The molecule has 1 saturated heterocycles. The lowest BCUT2D eigenvalue weighted by molar-refractivity contribution is -0.255. The van der Waals surface area contributed by atoms with E-state index in [9.17, 15) is 20.4 Å². The van der Waals surface area contributed by atoms with E-state index in [0.29, 0.717) is 24.0 Å². The highest BCUT2D eigenvalue weighted by atomic mass is 32.1. The van der Waals surface area contributed by atoms with Crippen molar-refractivity contribution in [2.45, 2.75) is 147 Å². The third-order valence-electron chi connectivity index (χ3n) is 13.6. The van der Waals surface area contributed by atoms with Crippen LogP contribution in [0.5, 0.6) is 0 Å². The van der Waals surface area contributed by atoms with E-state index in [2.05, 4.69) is 53.3 Å². The van der Waals surface area contributed by atoms with Crippen LogP contribution in [0.4, 0.5) is 0 Å². The van der Waals surface area contributed by atoms with Crippen LogP contribution in [0.1, 0.15) is 112 Å². The lowest BCUT2D eigenvalue weighted by Gasteiger charge is -2.58. The number of aliphatic hydroxyl groups is 4. The van der Waals surface area contributed by atoms with Crippen molar-refractivity contribution >= 4 is 12.6 Å². The standard InChI is InChI=1S/C37H64O7S/c1-23(2)7-6-8-24(3)28-11-12-29-27-10-9-25-21-26(13-15-35(25,4)30(27)14-16-36(28,29)5)43-20-19-42-18-17-37(41)33(40)32(39)31(22-38)44-34(37)45/h9,23-24,26-34,38-41,45H,6-8,10-22H2,1-5H3/t24-,26-,27?,28-,29?,30?,31-,32-,33+,34+,35+,36-,37+/m1/s1. The van der Waals surface area contributed by atoms with Crippen LogP contribution in [0.25, 0.3) is 0 Å². The van der Waals surface area contributed by atoms with Gasteiger partial charge in [0.25, 0.3) is 0 Å². The summed E-state index contributed by atoms with van der Waals surface area (Å²) in [6, 6.07) is 0. The minimum absolute atomic E-state index is 0.0482. The Labute approximate surface area is 278 Å². The summed E-state index contributed by atoms with van der Waals surface area (Å²) in [4.78, 5) is 0. The molecule has 5 aliphatic rings. The number of rotatable bonds is 13. The van der Waals surface area contributed by atoms with Crippen molar-refractivity contribution in [3.63, 3.8) is 0 Å². The predicted molar refractivity (Wildman–Crippen MR) is 180 cm³/mol. The molecule has 8 heteroatoms. The van der Waals surface area contributed by atoms with Crippen LogP contribution in [0.15, 0.2) is 11.6 Å². The van der Waals surface area contributed by atoms with Crippen LogP contribution in [0.3, 0.4) is 0 Å². The van der Waals surface area contributed by atoms with Gasteiger partial charge in [-0.3, -0.25) is 0 Å². The van der Waals surface area contributed by atoms with E-state index >= 15 is 0 Å². The minimum Gasteiger partial charge on any atom is -0.394 e. The zero-order chi connectivity index (χ0) is 32.6. The third-order valence-corrected chi connectivity index (χ3v) is 14.2. The van der Waals surface area contributed by atoms with Crippen molar-refractivity contribution in [3.8, 4) is 0 Å². The van der Waals surface area contributed by atoms with Gasteiger partial charge >= 0.3 is 0 Å². The van der Waals surface area contributed by atoms with E-state index in [-0.39, 0.29) is 19.1 Å². The van der Waals surface area contributed by atoms with Crippen molar-refractivity contribution < 1.29 is 34.6 Å². The minimum atomic E-state index is -1.77. The molecular weight excluding hydrogens is 588 g/mol. The molecule has 0 amide bonds. The average Bonchev–Trinajstić information content (AvgIpc) is 3.37. The molecule has 1 heterocycles. The second-order valence-corrected chi connectivity index (χ2v) is 17.0. The number of allylic oxidation sites excluding steroid dienone is 1. The second kappa shape index (κ2) is 14.7. The van der Waals surface area contributed by atoms with Crippen LogP contribution in [0.2, 0.25) is 0 Å². The first-order chi connectivity index (χ1) is 21.3. The molecule has 3 saturated carbocycles. The topological polar surface area (TPSA) is 109 Å². The molecule has 0 bridgehead atoms. The normalized spacial score (nSPS) is 45.5. The van der Waals surface area contributed by atoms with E-state index in [1.807, 2.05) is 0 Å². The van der Waals surface area contributed by atoms with Crippen LogP contribution in [0, 0.1) is 46.3 Å². The maximum atomic E-state index is 10.9. The molecule has 7 nitrogen and oxygen atoms in total. The summed E-state index contributed by atoms with van der Waals surface area (Å²) >= 11 is 4.25. The van der Waals surface area contributed by atoms with Gasteiger partial charge in [0.05, 0.1) is 25.9 Å². The zero-order valence-electron chi connectivity index (χ0n) is 28.7. The predicted octanol–water partition coefficient (Wildman–Crippen LogP) is 5.92. The number of fused-ring (bicyclic) bond motifs is 5. The Morgan fingerprint density at radius 2 is 1.78 bits per heavy atom. The zero-order valence-corrected chi connectivity index (χ0v) is 29.6. The number of hydrogen-bond acceptors (Lipinski definition) is 8. The SMILES string of the molecule is CC(C)CCC[C@@H](C)[C@H]1CCC2C3CC=C4C[C@H](OCCOCC[C@@]5(O)[C@H](S)O[C@H](CO)[C@@H](O)[C@@H]5O)CC[C@]4(C)C3CC[C@@]21C. The number of hydrogen-bond donors (Lipinski definition) is 5. The van der Waals surface area contributed by atoms with Crippen LogP contribution >= 0.6 is 12.6 Å². The van der Waals surface area contributed by atoms with Crippen LogP contribution < -0.4 is 0 Å². The highest BCUT2D eigenvalue weighted by Gasteiger charge is 2.59. The van der Waals surface area contributed by atoms with Crippen molar-refractivity contribution in [2.75, 3.05) is 26.4 Å². The van der Waals surface area contributed by atoms with Crippen LogP contribution in [-0.2, 0) is 14.2 Å². The van der Waals surface area contributed by atoms with Gasteiger partial charge in [0, 0.05) is 13.0 Å². The Bertz CT molecular complexity index is 1010. The molecule has 4 aliphatic carbocycles. The Morgan fingerprint density at radius 1 is 1.00 bits per heavy atom. The van der Waals surface area contributed by atoms with Gasteiger partial charge in [-0.05, 0) is 97.7 Å². The maximum Gasteiger partial charge on any atom is 0.132 e. The Hall–Kier alpha value is -0.190. The first-order valence-electron chi connectivity index (χ1n) is 18.3. The molecule has 1 aliphatic heterocycles. The smallest absolute Gasteiger partial charge is 0.132 e. The molecule has 0 aromatic carbocycles. The molecule has 0 radical (unpaired) electrons. The molecule has 0 aromatic heterocycles. The Kier molecular flexibility index (Phi) is 11.8. The van der Waals surface area contributed by atoms with Crippen molar-refractivity contribution in [2.24, 2.45) is 46.3 Å². The fraction of sp³-hybridized carbons (Fsp3) is 0.946. The van der Waals surface area contributed by atoms with Gasteiger partial charge in [-0.2, -0.15) is 0 Å². The Morgan fingerprint density at radius 3 is 2.51 bits per heavy atom. The molecule has 4 fully saturated rings. The quantitative estimate of drug-likeness (QED) is 0.0955. The lowest BCUT2D eigenvalue weighted by atomic mass is 9.47. The van der Waals surface area contributed by atoms with Gasteiger partial charge in [-0.15, -0.1) is 12.6 Å². The van der Waals surface area contributed by atoms with Gasteiger partial charge in [-0.1, -0.05) is 65.5 Å². The molecule has 260 valence electrons. The molecule has 0 aromatic rings. The van der Waals surface area contributed by atoms with Gasteiger partial charge < -0.3 is 34.6 Å². The molecule has 4 N–H and O–H groups in total. The summed E-state index contributed by atoms with van der Waals surface area (Å²) in [5.74, 6) is 5.09. The van der Waals surface area contributed by atoms with Crippen molar-refractivity contribution in [3.05, 3.63) is 11.6 Å². The second-order valence-electron chi connectivity index (χ2n) is 16.5. The maximum absolute atomic E-state index is 10.9.